The summed E-state index contributed by atoms with van der Waals surface area (Å²) in [5.41, 5.74) is 7.68. The van der Waals surface area contributed by atoms with E-state index in [0.717, 1.165) is 55.0 Å². The minimum atomic E-state index is -0.0567. The van der Waals surface area contributed by atoms with Crippen molar-refractivity contribution in [3.8, 4) is 0 Å². The van der Waals surface area contributed by atoms with Crippen molar-refractivity contribution in [2.45, 2.75) is 19.8 Å². The number of halogens is 2. The number of guanidine groups is 1. The van der Waals surface area contributed by atoms with Crippen molar-refractivity contribution in [1.29, 1.82) is 0 Å². The first-order valence-electron chi connectivity index (χ1n) is 8.94. The number of aliphatic imine (C=N–C) groups is 1. The fourth-order valence-electron chi connectivity index (χ4n) is 2.62. The molecular weight excluding hydrogens is 525 g/mol. The second kappa shape index (κ2) is 13.3. The zero-order chi connectivity index (χ0) is 18.8. The van der Waals surface area contributed by atoms with Crippen LogP contribution in [0, 0.1) is 6.92 Å². The molecule has 0 aliphatic carbocycles. The maximum absolute atomic E-state index is 12.0. The molecular formula is C18H29BrIN5O2. The molecule has 0 bridgehead atoms. The summed E-state index contributed by atoms with van der Waals surface area (Å²) in [6, 6.07) is 5.80. The number of amides is 1. The van der Waals surface area contributed by atoms with E-state index in [9.17, 15) is 4.79 Å². The van der Waals surface area contributed by atoms with Gasteiger partial charge in [-0.1, -0.05) is 22.0 Å². The lowest BCUT2D eigenvalue weighted by Gasteiger charge is -2.26. The molecule has 1 aromatic rings. The molecule has 1 fully saturated rings. The van der Waals surface area contributed by atoms with Crippen LogP contribution in [0.25, 0.3) is 0 Å². The Bertz CT molecular complexity index is 624. The summed E-state index contributed by atoms with van der Waals surface area (Å²) in [7, 11) is 0. The second-order valence-electron chi connectivity index (χ2n) is 6.26. The maximum Gasteiger partial charge on any atom is 0.226 e. The Labute approximate surface area is 186 Å². The quantitative estimate of drug-likeness (QED) is 0.199. The highest BCUT2D eigenvalue weighted by molar-refractivity contribution is 14.0. The van der Waals surface area contributed by atoms with Crippen LogP contribution in [-0.4, -0.2) is 62.7 Å². The minimum Gasteiger partial charge on any atom is -0.379 e. The highest BCUT2D eigenvalue weighted by Crippen LogP contribution is 2.20. The number of benzene rings is 1. The van der Waals surface area contributed by atoms with Gasteiger partial charge in [-0.25, -0.2) is 0 Å². The first-order valence-corrected chi connectivity index (χ1v) is 9.74. The Kier molecular flexibility index (Phi) is 11.9. The largest absolute Gasteiger partial charge is 0.379 e. The zero-order valence-electron chi connectivity index (χ0n) is 15.7. The van der Waals surface area contributed by atoms with Gasteiger partial charge in [0, 0.05) is 49.3 Å². The number of morpholine rings is 1. The third-order valence-electron chi connectivity index (χ3n) is 4.15. The number of anilines is 1. The molecule has 0 spiro atoms. The molecule has 1 aromatic carbocycles. The van der Waals surface area contributed by atoms with E-state index in [1.807, 2.05) is 25.1 Å². The van der Waals surface area contributed by atoms with Gasteiger partial charge in [0.1, 0.15) is 0 Å². The Hall–Kier alpha value is -0.910. The lowest BCUT2D eigenvalue weighted by atomic mass is 10.2. The first-order chi connectivity index (χ1) is 12.5. The number of carbonyl (C=O) groups excluding carboxylic acids is 1. The van der Waals surface area contributed by atoms with Crippen LogP contribution in [0.4, 0.5) is 5.69 Å². The molecule has 1 amide bonds. The highest BCUT2D eigenvalue weighted by atomic mass is 127. The van der Waals surface area contributed by atoms with E-state index in [0.29, 0.717) is 25.5 Å². The molecule has 2 rings (SSSR count). The van der Waals surface area contributed by atoms with Gasteiger partial charge < -0.3 is 21.1 Å². The van der Waals surface area contributed by atoms with Gasteiger partial charge in [-0.2, -0.15) is 0 Å². The van der Waals surface area contributed by atoms with Crippen LogP contribution in [0.5, 0.6) is 0 Å². The molecule has 1 heterocycles. The third kappa shape index (κ3) is 9.72. The second-order valence-corrected chi connectivity index (χ2v) is 7.17. The number of nitrogens with zero attached hydrogens (tertiary/aromatic N) is 2. The van der Waals surface area contributed by atoms with Crippen molar-refractivity contribution in [2.75, 3.05) is 51.3 Å². The predicted molar refractivity (Wildman–Crippen MR) is 124 cm³/mol. The van der Waals surface area contributed by atoms with E-state index >= 15 is 0 Å². The topological polar surface area (TPSA) is 92.0 Å². The van der Waals surface area contributed by atoms with Gasteiger partial charge in [-0.3, -0.25) is 14.7 Å². The van der Waals surface area contributed by atoms with Crippen molar-refractivity contribution in [3.05, 3.63) is 28.2 Å². The predicted octanol–water partition coefficient (Wildman–Crippen LogP) is 2.33. The molecule has 0 saturated carbocycles. The average molecular weight is 554 g/mol. The fraction of sp³-hybridized carbons (Fsp3) is 0.556. The third-order valence-corrected chi connectivity index (χ3v) is 4.64. The summed E-state index contributed by atoms with van der Waals surface area (Å²) in [4.78, 5) is 18.7. The van der Waals surface area contributed by atoms with Gasteiger partial charge in [0.2, 0.25) is 5.91 Å². The molecule has 1 aliphatic heterocycles. The van der Waals surface area contributed by atoms with Crippen LogP contribution in [-0.2, 0) is 9.53 Å². The summed E-state index contributed by atoms with van der Waals surface area (Å²) >= 11 is 3.41. The van der Waals surface area contributed by atoms with Gasteiger partial charge in [-0.15, -0.1) is 24.0 Å². The van der Waals surface area contributed by atoms with Crippen molar-refractivity contribution >= 4 is 57.5 Å². The van der Waals surface area contributed by atoms with E-state index in [1.165, 1.54) is 0 Å². The van der Waals surface area contributed by atoms with Crippen molar-refractivity contribution in [2.24, 2.45) is 10.7 Å². The van der Waals surface area contributed by atoms with Crippen molar-refractivity contribution < 1.29 is 9.53 Å². The number of nitrogens with two attached hydrogens (primary N) is 1. The zero-order valence-corrected chi connectivity index (χ0v) is 19.6. The van der Waals surface area contributed by atoms with E-state index in [1.54, 1.807) is 0 Å². The molecule has 0 atom stereocenters. The number of rotatable bonds is 8. The number of carbonyl (C=O) groups is 1. The number of ether oxygens (including phenoxy) is 1. The van der Waals surface area contributed by atoms with Crippen LogP contribution >= 0.6 is 39.9 Å². The van der Waals surface area contributed by atoms with Crippen molar-refractivity contribution in [1.82, 2.24) is 10.2 Å². The molecule has 1 saturated heterocycles. The summed E-state index contributed by atoms with van der Waals surface area (Å²) < 4.78 is 6.26. The highest BCUT2D eigenvalue weighted by Gasteiger charge is 2.09. The Morgan fingerprint density at radius 3 is 2.85 bits per heavy atom. The minimum absolute atomic E-state index is 0. The average Bonchev–Trinajstić information content (AvgIpc) is 2.63. The molecule has 0 radical (unpaired) electrons. The van der Waals surface area contributed by atoms with Gasteiger partial charge in [0.05, 0.1) is 13.2 Å². The molecule has 152 valence electrons. The summed E-state index contributed by atoms with van der Waals surface area (Å²) in [5.74, 6) is 0.331. The Balaban J connectivity index is 0.00000364. The van der Waals surface area contributed by atoms with Crippen molar-refractivity contribution in [3.63, 3.8) is 0 Å². The molecule has 27 heavy (non-hydrogen) atoms. The SMILES string of the molecule is Cc1ccc(Br)cc1NC(=O)CCNC(N)=NCCCN1CCOCC1.I. The maximum atomic E-state index is 12.0. The summed E-state index contributed by atoms with van der Waals surface area (Å²) in [6.45, 7) is 7.71. The number of hydrogen-bond donors (Lipinski definition) is 3. The van der Waals surface area contributed by atoms with Crippen LogP contribution in [0.2, 0.25) is 0 Å². The number of nitrogens with one attached hydrogen (secondary N) is 2. The van der Waals surface area contributed by atoms with Crippen LogP contribution in [0.1, 0.15) is 18.4 Å². The van der Waals surface area contributed by atoms with Gasteiger partial charge >= 0.3 is 0 Å². The molecule has 0 unspecified atom stereocenters. The molecule has 4 N–H and O–H groups in total. The van der Waals surface area contributed by atoms with Gasteiger partial charge in [0.25, 0.3) is 0 Å². The monoisotopic (exact) mass is 553 g/mol. The summed E-state index contributed by atoms with van der Waals surface area (Å²) in [6.07, 6.45) is 1.29. The van der Waals surface area contributed by atoms with Crippen LogP contribution < -0.4 is 16.4 Å². The first kappa shape index (κ1) is 24.1. The number of hydrogen-bond acceptors (Lipinski definition) is 4. The lowest BCUT2D eigenvalue weighted by Crippen LogP contribution is -2.37. The standard InChI is InChI=1S/C18H28BrN5O2.HI/c1-14-3-4-15(19)13-16(14)23-17(25)5-7-22-18(20)21-6-2-8-24-9-11-26-12-10-24;/h3-4,13H,2,5-12H2,1H3,(H,23,25)(H3,20,21,22);1H. The fourth-order valence-corrected chi connectivity index (χ4v) is 2.98. The molecule has 7 nitrogen and oxygen atoms in total. The van der Waals surface area contributed by atoms with E-state index in [2.05, 4.69) is 36.5 Å². The molecule has 0 aromatic heterocycles. The van der Waals surface area contributed by atoms with Gasteiger partial charge in [0.15, 0.2) is 5.96 Å². The number of aryl methyl sites for hydroxylation is 1. The molecule has 9 heteroatoms. The van der Waals surface area contributed by atoms with E-state index in [4.69, 9.17) is 10.5 Å². The van der Waals surface area contributed by atoms with Gasteiger partial charge in [-0.05, 0) is 31.0 Å². The van der Waals surface area contributed by atoms with E-state index in [-0.39, 0.29) is 29.9 Å². The lowest BCUT2D eigenvalue weighted by molar-refractivity contribution is -0.116. The van der Waals surface area contributed by atoms with Crippen LogP contribution in [0.3, 0.4) is 0 Å². The van der Waals surface area contributed by atoms with E-state index < -0.39 is 0 Å². The Morgan fingerprint density at radius 2 is 2.11 bits per heavy atom. The summed E-state index contributed by atoms with van der Waals surface area (Å²) in [5, 5.41) is 5.90. The normalized spacial score (nSPS) is 15.1. The van der Waals surface area contributed by atoms with Crippen LogP contribution in [0.15, 0.2) is 27.7 Å². The molecule has 1 aliphatic rings. The Morgan fingerprint density at radius 1 is 1.37 bits per heavy atom. The smallest absolute Gasteiger partial charge is 0.226 e.